The number of amides is 1. The first-order valence-corrected chi connectivity index (χ1v) is 12.2. The van der Waals surface area contributed by atoms with Crippen LogP contribution in [0.15, 0.2) is 41.3 Å². The van der Waals surface area contributed by atoms with Crippen LogP contribution in [-0.2, 0) is 19.6 Å². The van der Waals surface area contributed by atoms with Gasteiger partial charge >= 0.3 is 0 Å². The van der Waals surface area contributed by atoms with Crippen LogP contribution < -0.4 is 5.32 Å². The lowest BCUT2D eigenvalue weighted by Crippen LogP contribution is -2.42. The zero-order valence-corrected chi connectivity index (χ0v) is 19.0. The Morgan fingerprint density at radius 2 is 2.03 bits per heavy atom. The van der Waals surface area contributed by atoms with Gasteiger partial charge in [0.2, 0.25) is 15.9 Å². The van der Waals surface area contributed by atoms with Crippen LogP contribution in [0.2, 0.25) is 0 Å². The molecule has 2 heterocycles. The number of aromatic nitrogens is 2. The maximum Gasteiger partial charge on any atom is 0.245 e. The molecule has 31 heavy (non-hydrogen) atoms. The van der Waals surface area contributed by atoms with Crippen molar-refractivity contribution in [3.63, 3.8) is 0 Å². The molecule has 8 nitrogen and oxygen atoms in total. The van der Waals surface area contributed by atoms with Crippen LogP contribution in [0.25, 0.3) is 11.0 Å². The molecule has 0 saturated carbocycles. The predicted octanol–water partition coefficient (Wildman–Crippen LogP) is 3.12. The van der Waals surface area contributed by atoms with Gasteiger partial charge in [0.05, 0.1) is 24.4 Å². The molecule has 0 aliphatic carbocycles. The standard InChI is InChI=1S/C21H24N4O4S2/c1-14-6-3-8-17(15(14)2)22-20(26)13-25(12-16-7-5-11-29-16)31(27,28)19-10-4-9-18-21(19)24-30-23-18/h3-4,6,8-10,16H,5,7,11-13H2,1-2H3,(H,22,26). The summed E-state index contributed by atoms with van der Waals surface area (Å²) in [7, 11) is -3.99. The summed E-state index contributed by atoms with van der Waals surface area (Å²) < 4.78 is 42.3. The van der Waals surface area contributed by atoms with Gasteiger partial charge in [-0.15, -0.1) is 0 Å². The molecule has 164 valence electrons. The Labute approximate surface area is 185 Å². The third-order valence-electron chi connectivity index (χ3n) is 5.50. The second-order valence-electron chi connectivity index (χ2n) is 7.62. The zero-order chi connectivity index (χ0) is 22.0. The Hall–Kier alpha value is -2.40. The van der Waals surface area contributed by atoms with E-state index in [4.69, 9.17) is 4.74 Å². The van der Waals surface area contributed by atoms with E-state index in [9.17, 15) is 13.2 Å². The summed E-state index contributed by atoms with van der Waals surface area (Å²) in [5.74, 6) is -0.404. The fourth-order valence-corrected chi connectivity index (χ4v) is 5.81. The molecular formula is C21H24N4O4S2. The third-order valence-corrected chi connectivity index (χ3v) is 7.88. The van der Waals surface area contributed by atoms with Gasteiger partial charge in [0.15, 0.2) is 0 Å². The molecule has 1 aliphatic rings. The summed E-state index contributed by atoms with van der Waals surface area (Å²) >= 11 is 0.959. The summed E-state index contributed by atoms with van der Waals surface area (Å²) in [6.45, 7) is 4.27. The predicted molar refractivity (Wildman–Crippen MR) is 120 cm³/mol. The lowest BCUT2D eigenvalue weighted by Gasteiger charge is -2.24. The smallest absolute Gasteiger partial charge is 0.245 e. The summed E-state index contributed by atoms with van der Waals surface area (Å²) in [5, 5.41) is 2.85. The number of hydrogen-bond donors (Lipinski definition) is 1. The lowest BCUT2D eigenvalue weighted by atomic mass is 10.1. The number of benzene rings is 2. The highest BCUT2D eigenvalue weighted by molar-refractivity contribution is 7.89. The Morgan fingerprint density at radius 3 is 2.81 bits per heavy atom. The van der Waals surface area contributed by atoms with Gasteiger partial charge in [-0.3, -0.25) is 4.79 Å². The van der Waals surface area contributed by atoms with Crippen molar-refractivity contribution in [3.05, 3.63) is 47.5 Å². The molecule has 0 bridgehead atoms. The molecule has 1 unspecified atom stereocenters. The largest absolute Gasteiger partial charge is 0.377 e. The van der Waals surface area contributed by atoms with Crippen molar-refractivity contribution in [2.75, 3.05) is 25.0 Å². The van der Waals surface area contributed by atoms with E-state index < -0.39 is 15.9 Å². The number of carbonyl (C=O) groups excluding carboxylic acids is 1. The van der Waals surface area contributed by atoms with Crippen molar-refractivity contribution in [3.8, 4) is 0 Å². The maximum atomic E-state index is 13.6. The highest BCUT2D eigenvalue weighted by atomic mass is 32.2. The SMILES string of the molecule is Cc1cccc(NC(=O)CN(CC2CCCO2)S(=O)(=O)c2cccc3nsnc23)c1C. The van der Waals surface area contributed by atoms with Crippen LogP contribution in [0.4, 0.5) is 5.69 Å². The Balaban J connectivity index is 1.63. The molecule has 2 aromatic carbocycles. The molecule has 10 heteroatoms. The fraction of sp³-hybridized carbons (Fsp3) is 0.381. The fourth-order valence-electron chi connectivity index (χ4n) is 3.63. The van der Waals surface area contributed by atoms with Crippen molar-refractivity contribution in [1.29, 1.82) is 0 Å². The molecule has 1 fully saturated rings. The molecule has 0 spiro atoms. The van der Waals surface area contributed by atoms with Gasteiger partial charge in [-0.1, -0.05) is 18.2 Å². The van der Waals surface area contributed by atoms with Gasteiger partial charge in [-0.25, -0.2) is 8.42 Å². The summed E-state index contributed by atoms with van der Waals surface area (Å²) in [5.41, 5.74) is 3.50. The monoisotopic (exact) mass is 460 g/mol. The first-order valence-electron chi connectivity index (χ1n) is 10.1. The average Bonchev–Trinajstić information content (AvgIpc) is 3.42. The highest BCUT2D eigenvalue weighted by Gasteiger charge is 2.32. The number of aryl methyl sites for hydroxylation is 1. The van der Waals surface area contributed by atoms with Crippen LogP contribution in [-0.4, -0.2) is 53.2 Å². The Kier molecular flexibility index (Phi) is 6.33. The number of anilines is 1. The number of carbonyl (C=O) groups is 1. The number of sulfonamides is 1. The highest BCUT2D eigenvalue weighted by Crippen LogP contribution is 2.26. The van der Waals surface area contributed by atoms with Crippen molar-refractivity contribution in [2.24, 2.45) is 0 Å². The van der Waals surface area contributed by atoms with Gasteiger partial charge in [0.1, 0.15) is 15.9 Å². The molecular weight excluding hydrogens is 436 g/mol. The molecule has 1 aliphatic heterocycles. The second-order valence-corrected chi connectivity index (χ2v) is 10.1. The maximum absolute atomic E-state index is 13.6. The molecule has 1 amide bonds. The first-order chi connectivity index (χ1) is 14.9. The Morgan fingerprint density at radius 1 is 1.23 bits per heavy atom. The molecule has 1 aromatic heterocycles. The van der Waals surface area contributed by atoms with Crippen LogP contribution in [0.5, 0.6) is 0 Å². The summed E-state index contributed by atoms with van der Waals surface area (Å²) in [4.78, 5) is 12.9. The van der Waals surface area contributed by atoms with E-state index in [-0.39, 0.29) is 24.1 Å². The van der Waals surface area contributed by atoms with Crippen LogP contribution in [0.3, 0.4) is 0 Å². The average molecular weight is 461 g/mol. The number of fused-ring (bicyclic) bond motifs is 1. The van der Waals surface area contributed by atoms with Crippen molar-refractivity contribution < 1.29 is 17.9 Å². The van der Waals surface area contributed by atoms with Gasteiger partial charge in [0, 0.05) is 18.8 Å². The van der Waals surface area contributed by atoms with E-state index in [0.717, 1.165) is 35.7 Å². The minimum Gasteiger partial charge on any atom is -0.377 e. The number of nitrogens with zero attached hydrogens (tertiary/aromatic N) is 3. The lowest BCUT2D eigenvalue weighted by molar-refractivity contribution is -0.116. The summed E-state index contributed by atoms with van der Waals surface area (Å²) in [6.07, 6.45) is 1.39. The van der Waals surface area contributed by atoms with E-state index in [0.29, 0.717) is 23.3 Å². The summed E-state index contributed by atoms with van der Waals surface area (Å²) in [6, 6.07) is 10.5. The van der Waals surface area contributed by atoms with E-state index in [1.807, 2.05) is 26.0 Å². The van der Waals surface area contributed by atoms with Gasteiger partial charge in [-0.2, -0.15) is 13.1 Å². The first kappa shape index (κ1) is 21.8. The van der Waals surface area contributed by atoms with Crippen molar-refractivity contribution >= 4 is 44.4 Å². The number of hydrogen-bond acceptors (Lipinski definition) is 7. The second kappa shape index (κ2) is 8.99. The molecule has 0 radical (unpaired) electrons. The van der Waals surface area contributed by atoms with E-state index >= 15 is 0 Å². The van der Waals surface area contributed by atoms with Crippen LogP contribution in [0, 0.1) is 13.8 Å². The number of ether oxygens (including phenoxy) is 1. The third kappa shape index (κ3) is 4.62. The Bertz CT molecular complexity index is 1200. The van der Waals surface area contributed by atoms with E-state index in [1.54, 1.807) is 18.2 Å². The van der Waals surface area contributed by atoms with Gasteiger partial charge in [0.25, 0.3) is 0 Å². The zero-order valence-electron chi connectivity index (χ0n) is 17.4. The molecule has 1 saturated heterocycles. The van der Waals surface area contributed by atoms with Crippen LogP contribution in [0.1, 0.15) is 24.0 Å². The number of nitrogens with one attached hydrogen (secondary N) is 1. The topological polar surface area (TPSA) is 101 Å². The molecule has 1 N–H and O–H groups in total. The van der Waals surface area contributed by atoms with E-state index in [1.165, 1.54) is 10.4 Å². The minimum absolute atomic E-state index is 0.0521. The normalized spacial score (nSPS) is 16.8. The minimum atomic E-state index is -3.99. The molecule has 4 rings (SSSR count). The van der Waals surface area contributed by atoms with Crippen molar-refractivity contribution in [2.45, 2.75) is 37.7 Å². The van der Waals surface area contributed by atoms with Gasteiger partial charge < -0.3 is 10.1 Å². The number of rotatable bonds is 7. The van der Waals surface area contributed by atoms with E-state index in [2.05, 4.69) is 14.1 Å². The molecule has 3 aromatic rings. The van der Waals surface area contributed by atoms with Gasteiger partial charge in [-0.05, 0) is 56.0 Å². The quantitative estimate of drug-likeness (QED) is 0.581. The van der Waals surface area contributed by atoms with Crippen LogP contribution >= 0.6 is 11.7 Å². The van der Waals surface area contributed by atoms with Crippen molar-refractivity contribution in [1.82, 2.24) is 13.1 Å². The molecule has 1 atom stereocenters.